The minimum absolute atomic E-state index is 0.0545. The van der Waals surface area contributed by atoms with Crippen LogP contribution in [0.25, 0.3) is 11.1 Å². The van der Waals surface area contributed by atoms with Gasteiger partial charge in [0.15, 0.2) is 23.0 Å². The summed E-state index contributed by atoms with van der Waals surface area (Å²) >= 11 is 4.14. The molecular formula is C27H32O10S. The van der Waals surface area contributed by atoms with Crippen LogP contribution in [0.1, 0.15) is 11.1 Å². The first-order chi connectivity index (χ1) is 18.7. The second-order valence-electron chi connectivity index (χ2n) is 9.71. The van der Waals surface area contributed by atoms with Gasteiger partial charge in [-0.15, -0.1) is 0 Å². The number of hydrogen-bond acceptors (Lipinski definition) is 11. The molecule has 0 saturated carbocycles. The Morgan fingerprint density at radius 2 is 1.08 bits per heavy atom. The predicted molar refractivity (Wildman–Crippen MR) is 137 cm³/mol. The van der Waals surface area contributed by atoms with Crippen LogP contribution in [0.2, 0.25) is 0 Å². The van der Waals surface area contributed by atoms with E-state index in [2.05, 4.69) is 12.9 Å². The Kier molecular flexibility index (Phi) is 8.12. The van der Waals surface area contributed by atoms with Gasteiger partial charge in [-0.1, -0.05) is 0 Å². The molecule has 10 nitrogen and oxygen atoms in total. The van der Waals surface area contributed by atoms with Crippen molar-refractivity contribution in [3.63, 3.8) is 0 Å². The molecule has 4 heterocycles. The molecule has 2 aromatic carbocycles. The highest BCUT2D eigenvalue weighted by Crippen LogP contribution is 2.47. The first kappa shape index (κ1) is 26.0. The molecule has 0 aliphatic carbocycles. The highest BCUT2D eigenvalue weighted by molar-refractivity contribution is 7.75. The first-order valence-corrected chi connectivity index (χ1v) is 13.1. The number of rotatable bonds is 17. The molecule has 4 atom stereocenters. The van der Waals surface area contributed by atoms with Crippen molar-refractivity contribution in [3.05, 3.63) is 35.4 Å². The highest BCUT2D eigenvalue weighted by atomic mass is 32.1. The summed E-state index contributed by atoms with van der Waals surface area (Å²) in [5.41, 5.74) is 3.35. The summed E-state index contributed by atoms with van der Waals surface area (Å²) in [6.07, 6.45) is 0.467. The second kappa shape index (κ2) is 11.9. The molecule has 4 fully saturated rings. The molecule has 0 spiro atoms. The van der Waals surface area contributed by atoms with E-state index in [1.807, 2.05) is 24.3 Å². The van der Waals surface area contributed by atoms with Gasteiger partial charge in [-0.3, -0.25) is 0 Å². The fourth-order valence-electron chi connectivity index (χ4n) is 4.03. The Labute approximate surface area is 226 Å². The van der Waals surface area contributed by atoms with Crippen LogP contribution in [-0.4, -0.2) is 84.4 Å². The number of ether oxygens (including phenoxy) is 9. The average molecular weight is 549 g/mol. The molecule has 11 heteroatoms. The summed E-state index contributed by atoms with van der Waals surface area (Å²) in [6.45, 7) is 5.45. The van der Waals surface area contributed by atoms with Crippen molar-refractivity contribution in [1.29, 1.82) is 0 Å². The van der Waals surface area contributed by atoms with Gasteiger partial charge in [0.2, 0.25) is 0 Å². The second-order valence-corrected chi connectivity index (χ2v) is 9.89. The van der Waals surface area contributed by atoms with E-state index < -0.39 is 0 Å². The molecule has 0 aromatic heterocycles. The van der Waals surface area contributed by atoms with Crippen molar-refractivity contribution in [3.8, 4) is 34.1 Å². The lowest BCUT2D eigenvalue weighted by molar-refractivity contribution is 0.104. The maximum absolute atomic E-state index is 6.27. The van der Waals surface area contributed by atoms with Gasteiger partial charge in [0.1, 0.15) is 37.6 Å². The lowest BCUT2D eigenvalue weighted by Crippen LogP contribution is -2.10. The van der Waals surface area contributed by atoms with E-state index in [1.54, 1.807) is 7.11 Å². The Balaban J connectivity index is 1.37. The van der Waals surface area contributed by atoms with E-state index in [4.69, 9.17) is 46.8 Å². The van der Waals surface area contributed by atoms with Crippen molar-refractivity contribution in [2.45, 2.75) is 37.6 Å². The SMILES string of the molecule is COc1cc(COCC2CO2)cc(-c2cc(COCC3CO3)cc(OS)c2OCC2CO2)c1OCC1CO1. The van der Waals surface area contributed by atoms with Crippen LogP contribution >= 0.6 is 12.9 Å². The van der Waals surface area contributed by atoms with Crippen molar-refractivity contribution < 1.29 is 46.8 Å². The molecule has 4 aliphatic rings. The Bertz CT molecular complexity index is 1020. The van der Waals surface area contributed by atoms with Crippen LogP contribution in [0.5, 0.6) is 23.0 Å². The third-order valence-electron chi connectivity index (χ3n) is 6.42. The maximum atomic E-state index is 6.27. The molecule has 4 saturated heterocycles. The lowest BCUT2D eigenvalue weighted by Gasteiger charge is -2.21. The van der Waals surface area contributed by atoms with Crippen LogP contribution in [0, 0.1) is 0 Å². The van der Waals surface area contributed by atoms with E-state index in [-0.39, 0.29) is 24.4 Å². The van der Waals surface area contributed by atoms with Crippen molar-refractivity contribution >= 4 is 12.9 Å². The number of methoxy groups -OCH3 is 1. The van der Waals surface area contributed by atoms with Crippen LogP contribution in [0.15, 0.2) is 24.3 Å². The Morgan fingerprint density at radius 1 is 0.658 bits per heavy atom. The lowest BCUT2D eigenvalue weighted by atomic mass is 9.97. The number of epoxide rings is 4. The van der Waals surface area contributed by atoms with Crippen LogP contribution < -0.4 is 18.4 Å². The molecule has 0 bridgehead atoms. The minimum atomic E-state index is 0.0545. The molecule has 6 rings (SSSR count). The van der Waals surface area contributed by atoms with E-state index >= 15 is 0 Å². The summed E-state index contributed by atoms with van der Waals surface area (Å²) in [6, 6.07) is 7.84. The van der Waals surface area contributed by atoms with Crippen molar-refractivity contribution in [2.75, 3.05) is 60.0 Å². The molecule has 4 aliphatic heterocycles. The van der Waals surface area contributed by atoms with Crippen molar-refractivity contribution in [1.82, 2.24) is 0 Å². The molecular weight excluding hydrogens is 516 g/mol. The smallest absolute Gasteiger partial charge is 0.179 e. The van der Waals surface area contributed by atoms with E-state index in [0.717, 1.165) is 35.5 Å². The fourth-order valence-corrected chi connectivity index (χ4v) is 4.16. The van der Waals surface area contributed by atoms with Gasteiger partial charge in [-0.25, -0.2) is 0 Å². The van der Waals surface area contributed by atoms with E-state index in [9.17, 15) is 0 Å². The number of thiol groups is 1. The van der Waals surface area contributed by atoms with Gasteiger partial charge in [0, 0.05) is 24.0 Å². The zero-order valence-corrected chi connectivity index (χ0v) is 22.1. The predicted octanol–water partition coefficient (Wildman–Crippen LogP) is 2.97. The zero-order chi connectivity index (χ0) is 25.9. The summed E-state index contributed by atoms with van der Waals surface area (Å²) in [7, 11) is 1.62. The maximum Gasteiger partial charge on any atom is 0.179 e. The average Bonchev–Trinajstić information content (AvgIpc) is 3.77. The zero-order valence-electron chi connectivity index (χ0n) is 21.2. The topological polar surface area (TPSA) is 106 Å². The van der Waals surface area contributed by atoms with Crippen molar-refractivity contribution in [2.24, 2.45) is 0 Å². The monoisotopic (exact) mass is 548 g/mol. The Hall–Kier alpha value is -2.25. The van der Waals surface area contributed by atoms with Gasteiger partial charge >= 0.3 is 0 Å². The van der Waals surface area contributed by atoms with Gasteiger partial charge in [-0.2, -0.15) is 0 Å². The molecule has 2 aromatic rings. The van der Waals surface area contributed by atoms with Crippen LogP contribution in [-0.2, 0) is 41.6 Å². The quantitative estimate of drug-likeness (QED) is 0.180. The molecule has 0 radical (unpaired) electrons. The minimum Gasteiger partial charge on any atom is -0.493 e. The summed E-state index contributed by atoms with van der Waals surface area (Å²) in [4.78, 5) is 0. The third kappa shape index (κ3) is 7.03. The molecule has 38 heavy (non-hydrogen) atoms. The van der Waals surface area contributed by atoms with E-state index in [0.29, 0.717) is 75.9 Å². The largest absolute Gasteiger partial charge is 0.493 e. The summed E-state index contributed by atoms with van der Waals surface area (Å²) < 4.78 is 56.9. The molecule has 0 amide bonds. The molecule has 4 unspecified atom stereocenters. The summed E-state index contributed by atoms with van der Waals surface area (Å²) in [5.74, 6) is 2.17. The number of benzene rings is 2. The fraction of sp³-hybridized carbons (Fsp3) is 0.556. The molecule has 206 valence electrons. The normalized spacial score (nSPS) is 24.6. The summed E-state index contributed by atoms with van der Waals surface area (Å²) in [5, 5.41) is 0. The first-order valence-electron chi connectivity index (χ1n) is 12.8. The Morgan fingerprint density at radius 3 is 1.50 bits per heavy atom. The van der Waals surface area contributed by atoms with E-state index in [1.165, 1.54) is 0 Å². The number of hydrogen-bond donors (Lipinski definition) is 1. The van der Waals surface area contributed by atoms with Crippen LogP contribution in [0.3, 0.4) is 0 Å². The third-order valence-corrected chi connectivity index (χ3v) is 6.62. The van der Waals surface area contributed by atoms with Crippen LogP contribution in [0.4, 0.5) is 0 Å². The highest BCUT2D eigenvalue weighted by Gasteiger charge is 2.29. The molecule has 0 N–H and O–H groups in total. The van der Waals surface area contributed by atoms with Gasteiger partial charge < -0.3 is 46.8 Å². The van der Waals surface area contributed by atoms with Gasteiger partial charge in [0.05, 0.1) is 60.0 Å². The standard InChI is InChI=1S/C27H32O10S/c1-28-24-4-16(6-29-8-18-10-31-18)2-22(26(24)35-14-20-12-33-20)23-3-17(7-30-9-19-11-32-19)5-25(37-38)27(23)36-15-21-13-34-21/h2-5,18-21,38H,6-15H2,1H3. The van der Waals surface area contributed by atoms with Gasteiger partial charge in [0.25, 0.3) is 0 Å². The van der Waals surface area contributed by atoms with Gasteiger partial charge in [-0.05, 0) is 35.4 Å².